The second-order valence-electron chi connectivity index (χ2n) is 21.6. The molecule has 6 aromatic carbocycles. The lowest BCUT2D eigenvalue weighted by Crippen LogP contribution is -2.52. The van der Waals surface area contributed by atoms with Gasteiger partial charge in [-0.15, -0.1) is 10.2 Å². The number of carbonyl (C=O) groups excluding carboxylic acids is 1. The van der Waals surface area contributed by atoms with E-state index in [-0.39, 0.29) is 66.8 Å². The molecule has 94 heavy (non-hydrogen) atoms. The fourth-order valence-electron chi connectivity index (χ4n) is 9.19. The van der Waals surface area contributed by atoms with Gasteiger partial charge < -0.3 is 43.1 Å². The molecule has 0 bridgehead atoms. The molecule has 11 rings (SSSR count). The van der Waals surface area contributed by atoms with Crippen LogP contribution in [-0.2, 0) is 51.2 Å². The lowest BCUT2D eigenvalue weighted by Gasteiger charge is -2.43. The quantitative estimate of drug-likeness (QED) is 0.0411. The monoisotopic (exact) mass is 1610 g/mol. The third-order valence-corrected chi connectivity index (χ3v) is 15.4. The molecule has 5 heterocycles. The van der Waals surface area contributed by atoms with Crippen LogP contribution < -0.4 is 10.4 Å². The van der Waals surface area contributed by atoms with Crippen molar-refractivity contribution in [2.45, 2.75) is 60.8 Å². The fraction of sp³-hybridized carbons (Fsp3) is 0.333. The van der Waals surface area contributed by atoms with E-state index in [0.29, 0.717) is 21.1 Å². The summed E-state index contributed by atoms with van der Waals surface area (Å²) in [6.45, 7) is 0.338. The van der Waals surface area contributed by atoms with Crippen LogP contribution in [0.1, 0.15) is 46.3 Å². The van der Waals surface area contributed by atoms with Crippen LogP contribution in [-0.4, -0.2) is 146 Å². The number of ether oxygens (including phenoxy) is 3. The molecule has 2 N–H and O–H groups in total. The molecule has 3 aliphatic heterocycles. The molecular formula is C60H59B2Br2ClF12IN5O10S. The average molecular weight is 1610 g/mol. The summed E-state index contributed by atoms with van der Waals surface area (Å²) in [6.07, 6.45) is -13.6. The van der Waals surface area contributed by atoms with Gasteiger partial charge in [0.25, 0.3) is 11.6 Å². The molecule has 15 nitrogen and oxygen atoms in total. The van der Waals surface area contributed by atoms with Gasteiger partial charge in [-0.2, -0.15) is 57.7 Å². The third kappa shape index (κ3) is 19.5. The molecule has 8 aromatic rings. The first-order valence-electron chi connectivity index (χ1n) is 27.4. The van der Waals surface area contributed by atoms with Gasteiger partial charge in [0.2, 0.25) is 0 Å². The second kappa shape index (κ2) is 31.1. The van der Waals surface area contributed by atoms with Crippen LogP contribution in [0.15, 0.2) is 155 Å². The summed E-state index contributed by atoms with van der Waals surface area (Å²) in [6, 6.07) is 35.6. The SMILES string of the molecule is CN(c1cccc(-c2ccc(C3(C(F)(F)F)CCO3)cc2)c1)c1nc2nncn2c2cc(Cl)ccc12.COB(OC)OC.CS(C)(C)(=O)I.FC(F)(F)C1(c2ccc(Br)cc2)CCO1.O=C(c1ccc(Br)cc1)C(F)(F)F.OB(O)c1ccc(C2(C(F)(F)F)CCO2)cc1. The molecule has 0 radical (unpaired) electrons. The Morgan fingerprint density at radius 3 is 1.44 bits per heavy atom. The minimum atomic E-state index is -4.80. The molecule has 0 spiro atoms. The fourth-order valence-corrected chi connectivity index (χ4v) is 9.88. The van der Waals surface area contributed by atoms with Gasteiger partial charge in [-0.3, -0.25) is 13.4 Å². The van der Waals surface area contributed by atoms with Crippen LogP contribution in [0.2, 0.25) is 5.02 Å². The molecular weight excluding hydrogens is 1550 g/mol. The standard InChI is InChI=1S/C26H19ClF3N5O.C10H10BF3O3.C10H8BrF3O.C8H4BrF3O.C3H9BO3.C3H9IOS/c1-34(23-21-10-9-19(27)14-22(21)35-15-31-33-24(35)32-23)20-4-2-3-17(13-20)16-5-7-18(8-6-16)25(11-12-36-25)26(28,29)30;12-10(13,14)9(5-6-17-9)7-1-3-8(4-2-7)11(15)16;11-8-3-1-7(2-4-8)9(5-6-15-9)10(12,13)14;9-6-3-1-5(2-4-6)7(13)8(10,11)12;1-5-4(6-2)7-3;1-6(2,3,4)5/h2-10,13-15H,11-12H2,1H3;1-4,15-16H,5-6H2;1-4H,5-6H2;1-4H;1-3H3;1-3H3. The largest absolute Gasteiger partial charge is 0.638 e. The third-order valence-electron chi connectivity index (χ3n) is 14.1. The first-order chi connectivity index (χ1) is 43.6. The van der Waals surface area contributed by atoms with Gasteiger partial charge in [0.1, 0.15) is 12.1 Å². The first-order valence-corrected chi connectivity index (χ1v) is 35.1. The molecule has 3 fully saturated rings. The van der Waals surface area contributed by atoms with E-state index in [1.165, 1.54) is 82.0 Å². The first kappa shape index (κ1) is 77.7. The van der Waals surface area contributed by atoms with Crippen molar-refractivity contribution in [3.8, 4) is 11.1 Å². The number of anilines is 2. The number of halogens is 16. The molecule has 0 amide bonds. The van der Waals surface area contributed by atoms with Crippen molar-refractivity contribution in [1.82, 2.24) is 19.6 Å². The molecule has 508 valence electrons. The zero-order valence-electron chi connectivity index (χ0n) is 50.6. The topological polar surface area (TPSA) is 176 Å². The van der Waals surface area contributed by atoms with E-state index in [9.17, 15) is 61.7 Å². The Labute approximate surface area is 566 Å². The summed E-state index contributed by atoms with van der Waals surface area (Å²) in [5.74, 6) is -0.709. The Morgan fingerprint density at radius 2 is 1.06 bits per heavy atom. The summed E-state index contributed by atoms with van der Waals surface area (Å²) < 4.78 is 196. The maximum atomic E-state index is 13.6. The Balaban J connectivity index is 0.000000202. The van der Waals surface area contributed by atoms with Crippen LogP contribution in [0, 0.1) is 0 Å². The number of benzene rings is 6. The number of nitrogens with zero attached hydrogens (tertiary/aromatic N) is 5. The van der Waals surface area contributed by atoms with E-state index in [1.807, 2.05) is 69.6 Å². The highest BCUT2D eigenvalue weighted by Crippen LogP contribution is 2.52. The maximum Gasteiger partial charge on any atom is 0.638 e. The zero-order chi connectivity index (χ0) is 70.1. The average Bonchev–Trinajstić information content (AvgIpc) is 0.899. The Bertz CT molecular complexity index is 3870. The Morgan fingerprint density at radius 1 is 0.649 bits per heavy atom. The lowest BCUT2D eigenvalue weighted by molar-refractivity contribution is -0.333. The maximum absolute atomic E-state index is 13.6. The van der Waals surface area contributed by atoms with Gasteiger partial charge in [0.15, 0.2) is 16.8 Å². The molecule has 3 saturated heterocycles. The number of Topliss-reactive ketones (excluding diaryl/α,β-unsaturated/α-hetero) is 1. The molecule has 0 saturated carbocycles. The van der Waals surface area contributed by atoms with Crippen molar-refractivity contribution in [2.75, 3.05) is 71.9 Å². The van der Waals surface area contributed by atoms with Gasteiger partial charge in [-0.25, -0.2) is 0 Å². The van der Waals surface area contributed by atoms with Crippen LogP contribution in [0.4, 0.5) is 64.2 Å². The predicted molar refractivity (Wildman–Crippen MR) is 350 cm³/mol. The number of ketones is 1. The molecule has 0 aliphatic carbocycles. The number of aromatic nitrogens is 4. The molecule has 34 heteroatoms. The van der Waals surface area contributed by atoms with Crippen molar-refractivity contribution in [3.05, 3.63) is 182 Å². The minimum absolute atomic E-state index is 0.00185. The number of alkyl halides is 12. The number of fused-ring (bicyclic) bond motifs is 3. The number of hydrogen-bond acceptors (Lipinski definition) is 14. The molecule has 3 unspecified atom stereocenters. The van der Waals surface area contributed by atoms with Gasteiger partial charge in [0.05, 0.1) is 25.3 Å². The van der Waals surface area contributed by atoms with E-state index >= 15 is 0 Å². The van der Waals surface area contributed by atoms with E-state index in [4.69, 9.17) is 40.8 Å². The molecule has 2 aromatic heterocycles. The van der Waals surface area contributed by atoms with E-state index < -0.39 is 68.0 Å². The van der Waals surface area contributed by atoms with E-state index in [2.05, 4.69) is 56.0 Å². The summed E-state index contributed by atoms with van der Waals surface area (Å²) in [5.41, 5.74) is -3.12. The van der Waals surface area contributed by atoms with Crippen LogP contribution in [0.5, 0.6) is 0 Å². The summed E-state index contributed by atoms with van der Waals surface area (Å²) in [4.78, 5) is 17.3. The van der Waals surface area contributed by atoms with Gasteiger partial charge in [-0.1, -0.05) is 122 Å². The van der Waals surface area contributed by atoms with Gasteiger partial charge in [-0.05, 0) is 119 Å². The number of rotatable bonds is 11. The van der Waals surface area contributed by atoms with Crippen LogP contribution in [0.25, 0.3) is 27.8 Å². The predicted octanol–water partition coefficient (Wildman–Crippen LogP) is 14.9. The molecule has 3 aliphatic rings. The van der Waals surface area contributed by atoms with Crippen molar-refractivity contribution in [3.63, 3.8) is 0 Å². The van der Waals surface area contributed by atoms with Crippen molar-refractivity contribution < 1.29 is 99.9 Å². The van der Waals surface area contributed by atoms with E-state index in [0.717, 1.165) is 44.3 Å². The van der Waals surface area contributed by atoms with Crippen molar-refractivity contribution in [2.24, 2.45) is 0 Å². The van der Waals surface area contributed by atoms with Gasteiger partial charge in [0, 0.05) is 99.5 Å². The Hall–Kier alpha value is -5.30. The van der Waals surface area contributed by atoms with Crippen molar-refractivity contribution >= 4 is 125 Å². The normalized spacial score (nSPS) is 18.9. The molecule has 3 atom stereocenters. The highest BCUT2D eigenvalue weighted by molar-refractivity contribution is 14.2. The van der Waals surface area contributed by atoms with Crippen LogP contribution in [0.3, 0.4) is 0 Å². The summed E-state index contributed by atoms with van der Waals surface area (Å²) in [7, 11) is 4.23. The summed E-state index contributed by atoms with van der Waals surface area (Å²) >= 11 is 14.4. The second-order valence-corrected chi connectivity index (χ2v) is 37.4. The van der Waals surface area contributed by atoms with Gasteiger partial charge >= 0.3 is 39.1 Å². The minimum Gasteiger partial charge on any atom is -0.423 e. The number of carbonyl (C=O) groups is 1. The van der Waals surface area contributed by atoms with E-state index in [1.54, 1.807) is 59.8 Å². The van der Waals surface area contributed by atoms with Crippen LogP contribution >= 0.6 is 64.7 Å². The summed E-state index contributed by atoms with van der Waals surface area (Å²) in [5, 5.41) is 27.2. The smallest absolute Gasteiger partial charge is 0.423 e. The number of hydrogen-bond donors (Lipinski definition) is 2. The highest BCUT2D eigenvalue weighted by Gasteiger charge is 2.63. The highest BCUT2D eigenvalue weighted by atomic mass is 127. The Kier molecular flexibility index (Phi) is 25.7. The lowest BCUT2D eigenvalue weighted by atomic mass is 9.78. The van der Waals surface area contributed by atoms with Crippen molar-refractivity contribution in [1.29, 1.82) is 0 Å². The zero-order valence-corrected chi connectivity index (χ0v) is 57.5.